The van der Waals surface area contributed by atoms with Gasteiger partial charge in [-0.1, -0.05) is 13.5 Å². The van der Waals surface area contributed by atoms with Crippen LogP contribution in [0.5, 0.6) is 5.75 Å². The average Bonchev–Trinajstić information content (AvgIpc) is 2.33. The van der Waals surface area contributed by atoms with Crippen molar-refractivity contribution in [3.05, 3.63) is 29.9 Å². The van der Waals surface area contributed by atoms with Crippen molar-refractivity contribution in [2.45, 2.75) is 6.92 Å². The van der Waals surface area contributed by atoms with Crippen molar-refractivity contribution in [3.63, 3.8) is 0 Å². The fraction of sp³-hybridized carbons (Fsp3) is 0.125. The van der Waals surface area contributed by atoms with Crippen LogP contribution < -0.4 is 62.0 Å². The monoisotopic (exact) mass is 353 g/mol. The molecule has 0 atom stereocenters. The van der Waals surface area contributed by atoms with Gasteiger partial charge in [0, 0.05) is 40.4 Å². The van der Waals surface area contributed by atoms with Crippen LogP contribution in [0.1, 0.15) is 11.1 Å². The summed E-state index contributed by atoms with van der Waals surface area (Å²) in [6, 6.07) is 2.92. The summed E-state index contributed by atoms with van der Waals surface area (Å²) in [6.45, 7) is 3.30. The standard InChI is InChI=1S/C8H8BO3.K.Sm/c1-5-2-6(10)3-8-7(5)4-12-9(8)11;;/h2-4,10-11H,1H3;;/q-1;+1;/p-1. The number of rotatable bonds is 0. The van der Waals surface area contributed by atoms with Gasteiger partial charge in [0.05, 0.1) is 0 Å². The van der Waals surface area contributed by atoms with Crippen molar-refractivity contribution in [1.29, 1.82) is 0 Å². The maximum Gasteiger partial charge on any atom is 1.00 e. The van der Waals surface area contributed by atoms with Gasteiger partial charge in [0.2, 0.25) is 0 Å². The van der Waals surface area contributed by atoms with Crippen LogP contribution in [0.25, 0.3) is 0 Å². The van der Waals surface area contributed by atoms with Gasteiger partial charge in [-0.05, 0) is 0 Å². The number of hydrogen-bond acceptors (Lipinski definition) is 3. The maximum absolute atomic E-state index is 11.0. The first-order chi connectivity index (χ1) is 5.68. The Labute approximate surface area is 158 Å². The number of hydrogen-bond donors (Lipinski definition) is 1. The molecule has 0 spiro atoms. The molecule has 0 aromatic heterocycles. The smallest absolute Gasteiger partial charge is 0.874 e. The fourth-order valence-corrected chi connectivity index (χ4v) is 1.36. The molecule has 0 unspecified atom stereocenters. The van der Waals surface area contributed by atoms with Crippen molar-refractivity contribution >= 4 is 12.6 Å². The van der Waals surface area contributed by atoms with Crippen LogP contribution >= 0.6 is 0 Å². The molecule has 2 rings (SSSR count). The maximum atomic E-state index is 11.0. The Hall–Kier alpha value is 1.85. The molecule has 0 aliphatic carbocycles. The Balaban J connectivity index is 0.000000845. The molecule has 68 valence electrons. The molecule has 1 N–H and O–H groups in total. The number of benzene rings is 1. The quantitative estimate of drug-likeness (QED) is 0.387. The Bertz CT molecular complexity index is 335. The van der Waals surface area contributed by atoms with E-state index in [9.17, 15) is 10.1 Å². The second kappa shape index (κ2) is 6.55. The third-order valence-electron chi connectivity index (χ3n) is 1.97. The molecule has 14 heavy (non-hydrogen) atoms. The molecule has 0 saturated heterocycles. The van der Waals surface area contributed by atoms with E-state index in [0.29, 0.717) is 5.46 Å². The zero-order chi connectivity index (χ0) is 8.72. The molecule has 0 amide bonds. The number of aryl methyl sites for hydroxylation is 1. The van der Waals surface area contributed by atoms with Crippen molar-refractivity contribution in [1.82, 2.24) is 0 Å². The van der Waals surface area contributed by atoms with Gasteiger partial charge in [0.1, 0.15) is 0 Å². The van der Waals surface area contributed by atoms with E-state index >= 15 is 0 Å². The molecular weight excluding hydrogens is 344 g/mol. The van der Waals surface area contributed by atoms with Gasteiger partial charge in [-0.15, -0.1) is 23.3 Å². The van der Waals surface area contributed by atoms with Crippen molar-refractivity contribution in [3.8, 4) is 5.75 Å². The SMILES string of the molecule is Cc1cc([O-])cc2c1[CH-]OB2O.[K+].[Sm]. The minimum Gasteiger partial charge on any atom is -0.874 e. The zero-order valence-electron chi connectivity index (χ0n) is 7.98. The second-order valence-electron chi connectivity index (χ2n) is 2.85. The van der Waals surface area contributed by atoms with Crippen LogP contribution in [0.4, 0.5) is 0 Å². The van der Waals surface area contributed by atoms with E-state index in [1.807, 2.05) is 6.92 Å². The van der Waals surface area contributed by atoms with Crippen LogP contribution in [-0.4, -0.2) is 12.1 Å². The summed E-state index contributed by atoms with van der Waals surface area (Å²) in [6.07, 6.45) is 0. The first-order valence-electron chi connectivity index (χ1n) is 3.67. The summed E-state index contributed by atoms with van der Waals surface area (Å²) in [7, 11) is -0.965. The normalized spacial score (nSPS) is 12.3. The van der Waals surface area contributed by atoms with Gasteiger partial charge in [-0.25, -0.2) is 0 Å². The van der Waals surface area contributed by atoms with Gasteiger partial charge in [-0.3, -0.25) is 0 Å². The first-order valence-corrected chi connectivity index (χ1v) is 3.67. The first kappa shape index (κ1) is 15.8. The molecular formula is C8H7BKO3Sm-. The minimum atomic E-state index is -0.965. The van der Waals surface area contributed by atoms with Crippen LogP contribution in [0.15, 0.2) is 12.1 Å². The molecule has 1 aromatic rings. The van der Waals surface area contributed by atoms with Gasteiger partial charge in [0.25, 0.3) is 0 Å². The molecule has 1 aromatic carbocycles. The van der Waals surface area contributed by atoms with E-state index in [1.54, 1.807) is 0 Å². The van der Waals surface area contributed by atoms with E-state index in [-0.39, 0.29) is 97.5 Å². The predicted molar refractivity (Wildman–Crippen MR) is 42.7 cm³/mol. The average molecular weight is 351 g/mol. The van der Waals surface area contributed by atoms with E-state index < -0.39 is 7.12 Å². The van der Waals surface area contributed by atoms with Gasteiger partial charge in [-0.2, -0.15) is 11.1 Å². The molecule has 0 saturated carbocycles. The van der Waals surface area contributed by atoms with E-state index in [0.717, 1.165) is 11.1 Å². The Kier molecular flexibility index (Phi) is 7.42. The third kappa shape index (κ3) is 3.17. The summed E-state index contributed by atoms with van der Waals surface area (Å²) in [5, 5.41) is 20.3. The largest absolute Gasteiger partial charge is 1.00 e. The zero-order valence-corrected chi connectivity index (χ0v) is 13.7. The summed E-state index contributed by atoms with van der Waals surface area (Å²) in [5.74, 6) is -0.0933. The van der Waals surface area contributed by atoms with Gasteiger partial charge < -0.3 is 14.8 Å². The Morgan fingerprint density at radius 1 is 1.50 bits per heavy atom. The Morgan fingerprint density at radius 3 is 2.79 bits per heavy atom. The topological polar surface area (TPSA) is 52.5 Å². The molecule has 0 radical (unpaired) electrons. The molecule has 1 heterocycles. The van der Waals surface area contributed by atoms with E-state index in [1.165, 1.54) is 18.7 Å². The summed E-state index contributed by atoms with van der Waals surface area (Å²) < 4.78 is 4.85. The van der Waals surface area contributed by atoms with Crippen molar-refractivity contribution in [2.24, 2.45) is 0 Å². The van der Waals surface area contributed by atoms with Crippen LogP contribution in [-0.2, 0) is 4.65 Å². The summed E-state index contributed by atoms with van der Waals surface area (Å²) in [5.41, 5.74) is 2.23. The molecule has 0 fully saturated rings. The number of fused-ring (bicyclic) bond motifs is 1. The molecule has 1 aliphatic heterocycles. The fourth-order valence-electron chi connectivity index (χ4n) is 1.36. The summed E-state index contributed by atoms with van der Waals surface area (Å²) in [4.78, 5) is 0. The van der Waals surface area contributed by atoms with E-state index in [4.69, 9.17) is 4.65 Å². The van der Waals surface area contributed by atoms with Crippen LogP contribution in [0.3, 0.4) is 0 Å². The van der Waals surface area contributed by atoms with Crippen LogP contribution in [0.2, 0.25) is 0 Å². The summed E-state index contributed by atoms with van der Waals surface area (Å²) >= 11 is 0. The molecule has 0 bridgehead atoms. The van der Waals surface area contributed by atoms with Crippen molar-refractivity contribution in [2.75, 3.05) is 0 Å². The predicted octanol–water partition coefficient (Wildman–Crippen LogP) is -3.70. The molecule has 6 heteroatoms. The van der Waals surface area contributed by atoms with Gasteiger partial charge in [0.15, 0.2) is 0 Å². The molecule has 1 aliphatic rings. The van der Waals surface area contributed by atoms with Crippen LogP contribution in [0, 0.1) is 53.9 Å². The third-order valence-corrected chi connectivity index (χ3v) is 1.97. The molecule has 3 nitrogen and oxygen atoms in total. The van der Waals surface area contributed by atoms with E-state index in [2.05, 4.69) is 0 Å². The van der Waals surface area contributed by atoms with Crippen molar-refractivity contribution < 1.29 is 107 Å². The minimum absolute atomic E-state index is 0. The second-order valence-corrected chi connectivity index (χ2v) is 2.85. The van der Waals surface area contributed by atoms with Gasteiger partial charge >= 0.3 is 58.5 Å². The Morgan fingerprint density at radius 2 is 2.14 bits per heavy atom.